The molecule has 0 spiro atoms. The molecular formula is C25H28Cl2N2O5S. The third kappa shape index (κ3) is 7.19. The first-order valence-corrected chi connectivity index (χ1v) is 12.4. The molecule has 0 aliphatic rings. The van der Waals surface area contributed by atoms with Gasteiger partial charge in [-0.15, -0.1) is 12.4 Å². The minimum atomic E-state index is -3.91. The fraction of sp³-hybridized carbons (Fsp3) is 0.240. The van der Waals surface area contributed by atoms with E-state index < -0.39 is 21.8 Å². The van der Waals surface area contributed by atoms with Gasteiger partial charge in [0.25, 0.3) is 5.91 Å². The summed E-state index contributed by atoms with van der Waals surface area (Å²) in [4.78, 5) is 11.4. The highest BCUT2D eigenvalue weighted by atomic mass is 35.5. The predicted molar refractivity (Wildman–Crippen MR) is 138 cm³/mol. The van der Waals surface area contributed by atoms with E-state index in [0.29, 0.717) is 18.0 Å². The molecule has 7 nitrogen and oxygen atoms in total. The highest BCUT2D eigenvalue weighted by molar-refractivity contribution is 7.91. The van der Waals surface area contributed by atoms with Crippen LogP contribution in [-0.4, -0.2) is 36.6 Å². The van der Waals surface area contributed by atoms with Gasteiger partial charge in [0.1, 0.15) is 5.75 Å². The van der Waals surface area contributed by atoms with E-state index in [4.69, 9.17) is 17.3 Å². The number of sulfone groups is 1. The Balaban J connectivity index is 0.00000432. The van der Waals surface area contributed by atoms with Gasteiger partial charge in [-0.25, -0.2) is 8.42 Å². The van der Waals surface area contributed by atoms with Gasteiger partial charge in [-0.2, -0.15) is 0 Å². The van der Waals surface area contributed by atoms with Crippen molar-refractivity contribution in [1.29, 1.82) is 0 Å². The molecule has 0 heterocycles. The number of amides is 1. The Labute approximate surface area is 216 Å². The second-order valence-corrected chi connectivity index (χ2v) is 11.1. The lowest BCUT2D eigenvalue weighted by molar-refractivity contribution is 0.0997. The van der Waals surface area contributed by atoms with E-state index in [-0.39, 0.29) is 39.0 Å². The molecule has 0 aliphatic heterocycles. The van der Waals surface area contributed by atoms with Crippen molar-refractivity contribution in [3.05, 3.63) is 88.4 Å². The van der Waals surface area contributed by atoms with Crippen molar-refractivity contribution in [3.8, 4) is 5.75 Å². The maximum atomic E-state index is 13.0. The molecule has 0 aliphatic carbocycles. The van der Waals surface area contributed by atoms with Gasteiger partial charge in [0.2, 0.25) is 9.84 Å². The normalized spacial score (nSPS) is 12.6. The van der Waals surface area contributed by atoms with Crippen molar-refractivity contribution in [2.75, 3.05) is 6.54 Å². The van der Waals surface area contributed by atoms with Gasteiger partial charge < -0.3 is 21.3 Å². The van der Waals surface area contributed by atoms with Crippen LogP contribution in [0.2, 0.25) is 5.02 Å². The smallest absolute Gasteiger partial charge is 0.252 e. The molecule has 1 amide bonds. The monoisotopic (exact) mass is 538 g/mol. The average molecular weight is 539 g/mol. The van der Waals surface area contributed by atoms with Crippen LogP contribution >= 0.6 is 24.0 Å². The SMILES string of the molecule is CC(C)(Cc1ccc(S(=O)(=O)c2ccc(O)c(C(N)=O)c2)cc1)NC[C@H](O)c1cccc(Cl)c1.Cl. The van der Waals surface area contributed by atoms with Crippen LogP contribution in [0.5, 0.6) is 5.75 Å². The van der Waals surface area contributed by atoms with Crippen LogP contribution in [0.15, 0.2) is 76.5 Å². The third-order valence-electron chi connectivity index (χ3n) is 5.43. The van der Waals surface area contributed by atoms with Crippen molar-refractivity contribution in [2.24, 2.45) is 5.73 Å². The van der Waals surface area contributed by atoms with Crippen LogP contribution in [0.1, 0.15) is 41.4 Å². The Bertz CT molecular complexity index is 1300. The van der Waals surface area contributed by atoms with Crippen molar-refractivity contribution in [3.63, 3.8) is 0 Å². The number of aliphatic hydroxyl groups is 1. The van der Waals surface area contributed by atoms with Crippen LogP contribution in [0, 0.1) is 0 Å². The number of β-amino-alcohol motifs (C(OH)–C–C–N with tert-alkyl or cyclic N) is 1. The first-order chi connectivity index (χ1) is 15.9. The summed E-state index contributed by atoms with van der Waals surface area (Å²) < 4.78 is 25.9. The van der Waals surface area contributed by atoms with Crippen LogP contribution in [-0.2, 0) is 16.3 Å². The lowest BCUT2D eigenvalue weighted by Crippen LogP contribution is -2.43. The molecule has 1 atom stereocenters. The molecule has 3 rings (SSSR count). The zero-order valence-corrected chi connectivity index (χ0v) is 21.6. The molecule has 0 bridgehead atoms. The van der Waals surface area contributed by atoms with E-state index in [2.05, 4.69) is 5.32 Å². The third-order valence-corrected chi connectivity index (χ3v) is 7.43. The number of benzene rings is 3. The Morgan fingerprint density at radius 1 is 1.06 bits per heavy atom. The van der Waals surface area contributed by atoms with Gasteiger partial charge in [-0.1, -0.05) is 35.9 Å². The molecule has 5 N–H and O–H groups in total. The Morgan fingerprint density at radius 2 is 1.69 bits per heavy atom. The number of halogens is 2. The number of nitrogens with two attached hydrogens (primary N) is 1. The summed E-state index contributed by atoms with van der Waals surface area (Å²) in [6, 6.07) is 16.9. The average Bonchev–Trinajstić information content (AvgIpc) is 2.77. The first-order valence-electron chi connectivity index (χ1n) is 10.5. The van der Waals surface area contributed by atoms with Crippen LogP contribution in [0.3, 0.4) is 0 Å². The number of aliphatic hydroxyl groups excluding tert-OH is 1. The minimum Gasteiger partial charge on any atom is -0.507 e. The van der Waals surface area contributed by atoms with Gasteiger partial charge in [0.15, 0.2) is 0 Å². The van der Waals surface area contributed by atoms with Gasteiger partial charge in [-0.3, -0.25) is 4.79 Å². The molecule has 188 valence electrons. The summed E-state index contributed by atoms with van der Waals surface area (Å²) in [5.74, 6) is -1.29. The Morgan fingerprint density at radius 3 is 2.29 bits per heavy atom. The van der Waals surface area contributed by atoms with Crippen LogP contribution < -0.4 is 11.1 Å². The standard InChI is InChI=1S/C25H27ClN2O5S.ClH/c1-25(2,28-15-23(30)17-4-3-5-18(26)12-17)14-16-6-8-19(9-7-16)34(32,33)20-10-11-22(29)21(13-20)24(27)31;/h3-13,23,28-30H,14-15H2,1-2H3,(H2,27,31);1H/t23-;/m0./s1. The topological polar surface area (TPSA) is 130 Å². The number of rotatable bonds is 9. The van der Waals surface area contributed by atoms with E-state index in [9.17, 15) is 23.4 Å². The van der Waals surface area contributed by atoms with E-state index in [1.165, 1.54) is 18.2 Å². The summed E-state index contributed by atoms with van der Waals surface area (Å²) in [6.07, 6.45) is -0.137. The molecule has 35 heavy (non-hydrogen) atoms. The second-order valence-electron chi connectivity index (χ2n) is 8.70. The summed E-state index contributed by atoms with van der Waals surface area (Å²) >= 11 is 5.99. The fourth-order valence-electron chi connectivity index (χ4n) is 3.58. The largest absolute Gasteiger partial charge is 0.507 e. The maximum Gasteiger partial charge on any atom is 0.252 e. The van der Waals surface area contributed by atoms with Crippen LogP contribution in [0.25, 0.3) is 0 Å². The van der Waals surface area contributed by atoms with Crippen molar-refractivity contribution in [1.82, 2.24) is 5.32 Å². The Hall–Kier alpha value is -2.62. The van der Waals surface area contributed by atoms with Crippen molar-refractivity contribution < 1.29 is 23.4 Å². The summed E-state index contributed by atoms with van der Waals surface area (Å²) in [5.41, 5.74) is 6.19. The molecule has 0 saturated carbocycles. The van der Waals surface area contributed by atoms with Gasteiger partial charge >= 0.3 is 0 Å². The molecule has 0 radical (unpaired) electrons. The number of carbonyl (C=O) groups is 1. The van der Waals surface area contributed by atoms with Gasteiger partial charge in [0.05, 0.1) is 21.5 Å². The molecule has 0 aromatic heterocycles. The maximum absolute atomic E-state index is 13.0. The van der Waals surface area contributed by atoms with E-state index in [1.54, 1.807) is 30.3 Å². The Kier molecular flexibility index (Phi) is 9.33. The predicted octanol–water partition coefficient (Wildman–Crippen LogP) is 4.04. The van der Waals surface area contributed by atoms with Gasteiger partial charge in [-0.05, 0) is 73.9 Å². The van der Waals surface area contributed by atoms with Crippen molar-refractivity contribution >= 4 is 39.8 Å². The van der Waals surface area contributed by atoms with E-state index in [0.717, 1.165) is 23.3 Å². The highest BCUT2D eigenvalue weighted by Gasteiger charge is 2.23. The first kappa shape index (κ1) is 28.6. The van der Waals surface area contributed by atoms with Crippen LogP contribution in [0.4, 0.5) is 0 Å². The zero-order chi connectivity index (χ0) is 25.1. The lowest BCUT2D eigenvalue weighted by atomic mass is 9.94. The summed E-state index contributed by atoms with van der Waals surface area (Å²) in [6.45, 7) is 4.30. The highest BCUT2D eigenvalue weighted by Crippen LogP contribution is 2.27. The molecule has 3 aromatic carbocycles. The van der Waals surface area contributed by atoms with Gasteiger partial charge in [0, 0.05) is 17.1 Å². The summed E-state index contributed by atoms with van der Waals surface area (Å²) in [7, 11) is -3.91. The number of hydrogen-bond donors (Lipinski definition) is 4. The number of carbonyl (C=O) groups excluding carboxylic acids is 1. The lowest BCUT2D eigenvalue weighted by Gasteiger charge is -2.28. The molecule has 3 aromatic rings. The molecule has 0 fully saturated rings. The second kappa shape index (κ2) is 11.4. The number of primary amides is 1. The number of nitrogens with one attached hydrogen (secondary N) is 1. The molecule has 10 heteroatoms. The number of phenols is 1. The van der Waals surface area contributed by atoms with E-state index in [1.807, 2.05) is 19.9 Å². The number of aromatic hydroxyl groups is 1. The van der Waals surface area contributed by atoms with Crippen molar-refractivity contribution in [2.45, 2.75) is 41.7 Å². The molecular weight excluding hydrogens is 511 g/mol. The van der Waals surface area contributed by atoms with E-state index >= 15 is 0 Å². The summed E-state index contributed by atoms with van der Waals surface area (Å²) in [5, 5.41) is 24.1. The zero-order valence-electron chi connectivity index (χ0n) is 19.2. The minimum absolute atomic E-state index is 0. The molecule has 0 saturated heterocycles. The fourth-order valence-corrected chi connectivity index (χ4v) is 5.07. The quantitative estimate of drug-likeness (QED) is 0.325. The molecule has 0 unspecified atom stereocenters. The number of hydrogen-bond acceptors (Lipinski definition) is 6.